The van der Waals surface area contributed by atoms with Gasteiger partial charge in [-0.15, -0.1) is 0 Å². The standard InChI is InChI=1S/C16H14ClNO/c1-16(2,13-6-4-3-5-7-13)19-15-9-8-12(11-18)10-14(15)17/h3-10H,1-2H3. The molecular formula is C16H14ClNO. The molecule has 3 heteroatoms. The highest BCUT2D eigenvalue weighted by Gasteiger charge is 2.23. The zero-order valence-corrected chi connectivity index (χ0v) is 11.6. The van der Waals surface area contributed by atoms with Gasteiger partial charge in [-0.05, 0) is 37.6 Å². The second-order valence-corrected chi connectivity index (χ2v) is 5.14. The van der Waals surface area contributed by atoms with Crippen LogP contribution in [0.25, 0.3) is 0 Å². The van der Waals surface area contributed by atoms with Gasteiger partial charge in [0.05, 0.1) is 16.7 Å². The Kier molecular flexibility index (Phi) is 3.78. The molecule has 2 aromatic carbocycles. The fraction of sp³-hybridized carbons (Fsp3) is 0.188. The molecule has 2 aromatic rings. The van der Waals surface area contributed by atoms with Crippen LogP contribution in [0.15, 0.2) is 48.5 Å². The molecule has 0 unspecified atom stereocenters. The molecule has 0 atom stereocenters. The van der Waals surface area contributed by atoms with E-state index in [0.717, 1.165) is 5.56 Å². The molecule has 0 radical (unpaired) electrons. The van der Waals surface area contributed by atoms with Crippen molar-refractivity contribution < 1.29 is 4.74 Å². The van der Waals surface area contributed by atoms with Crippen molar-refractivity contribution in [1.29, 1.82) is 5.26 Å². The minimum absolute atomic E-state index is 0.447. The Labute approximate surface area is 118 Å². The number of benzene rings is 2. The molecular weight excluding hydrogens is 258 g/mol. The minimum Gasteiger partial charge on any atom is -0.482 e. The lowest BCUT2D eigenvalue weighted by Crippen LogP contribution is -2.25. The highest BCUT2D eigenvalue weighted by Crippen LogP contribution is 2.32. The van der Waals surface area contributed by atoms with E-state index in [-0.39, 0.29) is 0 Å². The van der Waals surface area contributed by atoms with Gasteiger partial charge in [0.1, 0.15) is 11.4 Å². The van der Waals surface area contributed by atoms with Crippen LogP contribution in [-0.2, 0) is 5.60 Å². The lowest BCUT2D eigenvalue weighted by molar-refractivity contribution is 0.109. The quantitative estimate of drug-likeness (QED) is 0.822. The van der Waals surface area contributed by atoms with Crippen LogP contribution >= 0.6 is 11.6 Å². The van der Waals surface area contributed by atoms with E-state index in [1.54, 1.807) is 18.2 Å². The molecule has 0 aliphatic heterocycles. The molecule has 0 N–H and O–H groups in total. The summed E-state index contributed by atoms with van der Waals surface area (Å²) in [5.74, 6) is 0.578. The van der Waals surface area contributed by atoms with Gasteiger partial charge in [-0.25, -0.2) is 0 Å². The fourth-order valence-electron chi connectivity index (χ4n) is 1.83. The van der Waals surface area contributed by atoms with Gasteiger partial charge in [0.2, 0.25) is 0 Å². The van der Waals surface area contributed by atoms with Gasteiger partial charge in [0, 0.05) is 0 Å². The van der Waals surface area contributed by atoms with Gasteiger partial charge in [-0.3, -0.25) is 0 Å². The molecule has 0 spiro atoms. The van der Waals surface area contributed by atoms with E-state index in [2.05, 4.69) is 0 Å². The Bertz CT molecular complexity index is 614. The normalized spacial score (nSPS) is 10.8. The lowest BCUT2D eigenvalue weighted by Gasteiger charge is -2.27. The van der Waals surface area contributed by atoms with Crippen LogP contribution in [0.2, 0.25) is 5.02 Å². The van der Waals surface area contributed by atoms with E-state index in [1.807, 2.05) is 50.2 Å². The first-order chi connectivity index (χ1) is 9.03. The molecule has 2 rings (SSSR count). The molecule has 0 aliphatic rings. The first-order valence-electron chi connectivity index (χ1n) is 5.97. The molecule has 19 heavy (non-hydrogen) atoms. The second-order valence-electron chi connectivity index (χ2n) is 4.74. The molecule has 0 saturated carbocycles. The van der Waals surface area contributed by atoms with Gasteiger partial charge >= 0.3 is 0 Å². The zero-order chi connectivity index (χ0) is 13.9. The van der Waals surface area contributed by atoms with Crippen molar-refractivity contribution in [1.82, 2.24) is 0 Å². The minimum atomic E-state index is -0.487. The van der Waals surface area contributed by atoms with Crippen LogP contribution in [0.4, 0.5) is 0 Å². The van der Waals surface area contributed by atoms with Gasteiger partial charge in [-0.2, -0.15) is 5.26 Å². The second kappa shape index (κ2) is 5.34. The maximum Gasteiger partial charge on any atom is 0.139 e. The van der Waals surface area contributed by atoms with Crippen LogP contribution < -0.4 is 4.74 Å². The maximum absolute atomic E-state index is 8.81. The topological polar surface area (TPSA) is 33.0 Å². The largest absolute Gasteiger partial charge is 0.482 e. The van der Waals surface area contributed by atoms with Crippen molar-refractivity contribution in [2.45, 2.75) is 19.4 Å². The number of rotatable bonds is 3. The molecule has 0 aliphatic carbocycles. The van der Waals surface area contributed by atoms with Crippen LogP contribution in [0.3, 0.4) is 0 Å². The van der Waals surface area contributed by atoms with Gasteiger partial charge in [0.25, 0.3) is 0 Å². The fourth-order valence-corrected chi connectivity index (χ4v) is 2.05. The number of hydrogen-bond acceptors (Lipinski definition) is 2. The summed E-state index contributed by atoms with van der Waals surface area (Å²) >= 11 is 6.13. The monoisotopic (exact) mass is 271 g/mol. The Morgan fingerprint density at radius 2 is 1.79 bits per heavy atom. The van der Waals surface area contributed by atoms with Crippen LogP contribution in [0.5, 0.6) is 5.75 Å². The molecule has 0 fully saturated rings. The summed E-state index contributed by atoms with van der Waals surface area (Å²) < 4.78 is 5.98. The lowest BCUT2D eigenvalue weighted by atomic mass is 9.98. The van der Waals surface area contributed by atoms with E-state index in [4.69, 9.17) is 21.6 Å². The van der Waals surface area contributed by atoms with Crippen molar-refractivity contribution in [3.63, 3.8) is 0 Å². The average molecular weight is 272 g/mol. The van der Waals surface area contributed by atoms with Gasteiger partial charge < -0.3 is 4.74 Å². The van der Waals surface area contributed by atoms with Crippen molar-refractivity contribution >= 4 is 11.6 Å². The molecule has 0 bridgehead atoms. The van der Waals surface area contributed by atoms with E-state index < -0.39 is 5.60 Å². The van der Waals surface area contributed by atoms with E-state index in [9.17, 15) is 0 Å². The van der Waals surface area contributed by atoms with E-state index >= 15 is 0 Å². The third-order valence-electron chi connectivity index (χ3n) is 2.90. The number of nitriles is 1. The average Bonchev–Trinajstić information content (AvgIpc) is 2.42. The highest BCUT2D eigenvalue weighted by molar-refractivity contribution is 6.32. The third kappa shape index (κ3) is 3.07. The van der Waals surface area contributed by atoms with Crippen molar-refractivity contribution in [3.8, 4) is 11.8 Å². The number of nitrogens with zero attached hydrogens (tertiary/aromatic N) is 1. The SMILES string of the molecule is CC(C)(Oc1ccc(C#N)cc1Cl)c1ccccc1. The molecule has 0 saturated heterocycles. The smallest absolute Gasteiger partial charge is 0.139 e. The van der Waals surface area contributed by atoms with Crippen LogP contribution in [0, 0.1) is 11.3 Å². The Morgan fingerprint density at radius 3 is 2.37 bits per heavy atom. The third-order valence-corrected chi connectivity index (χ3v) is 3.19. The molecule has 96 valence electrons. The van der Waals surface area contributed by atoms with Gasteiger partial charge in [0.15, 0.2) is 0 Å². The Morgan fingerprint density at radius 1 is 1.11 bits per heavy atom. The van der Waals surface area contributed by atoms with Crippen LogP contribution in [0.1, 0.15) is 25.0 Å². The van der Waals surface area contributed by atoms with Gasteiger partial charge in [-0.1, -0.05) is 41.9 Å². The molecule has 2 nitrogen and oxygen atoms in total. The number of ether oxygens (including phenoxy) is 1. The summed E-state index contributed by atoms with van der Waals surface area (Å²) in [6.45, 7) is 3.97. The molecule has 0 amide bonds. The summed E-state index contributed by atoms with van der Waals surface area (Å²) in [5, 5.41) is 9.26. The summed E-state index contributed by atoms with van der Waals surface area (Å²) in [6, 6.07) is 17.0. The van der Waals surface area contributed by atoms with E-state index in [1.165, 1.54) is 0 Å². The first-order valence-corrected chi connectivity index (χ1v) is 6.35. The number of hydrogen-bond donors (Lipinski definition) is 0. The predicted molar refractivity (Wildman–Crippen MR) is 76.3 cm³/mol. The van der Waals surface area contributed by atoms with Crippen molar-refractivity contribution in [3.05, 3.63) is 64.7 Å². The predicted octanol–water partition coefficient (Wildman–Crippen LogP) is 4.53. The Hall–Kier alpha value is -1.98. The summed E-state index contributed by atoms with van der Waals surface area (Å²) in [5.41, 5.74) is 1.10. The zero-order valence-electron chi connectivity index (χ0n) is 10.9. The van der Waals surface area contributed by atoms with Crippen molar-refractivity contribution in [2.75, 3.05) is 0 Å². The molecule has 0 aromatic heterocycles. The summed E-state index contributed by atoms with van der Waals surface area (Å²) in [4.78, 5) is 0. The van der Waals surface area contributed by atoms with E-state index in [0.29, 0.717) is 16.3 Å². The summed E-state index contributed by atoms with van der Waals surface area (Å²) in [7, 11) is 0. The van der Waals surface area contributed by atoms with Crippen molar-refractivity contribution in [2.24, 2.45) is 0 Å². The highest BCUT2D eigenvalue weighted by atomic mass is 35.5. The van der Waals surface area contributed by atoms with Crippen LogP contribution in [-0.4, -0.2) is 0 Å². The Balaban J connectivity index is 2.28. The molecule has 0 heterocycles. The maximum atomic E-state index is 8.81. The summed E-state index contributed by atoms with van der Waals surface area (Å²) in [6.07, 6.45) is 0. The number of halogens is 1. The first kappa shape index (κ1) is 13.5.